The Morgan fingerprint density at radius 1 is 1.10 bits per heavy atom. The smallest absolute Gasteiger partial charge is 0.274 e. The second kappa shape index (κ2) is 8.11. The average Bonchev–Trinajstić information content (AvgIpc) is 3.27. The number of rotatable bonds is 3. The van der Waals surface area contributed by atoms with Gasteiger partial charge in [-0.05, 0) is 70.4 Å². The van der Waals surface area contributed by atoms with Crippen molar-refractivity contribution in [2.45, 2.75) is 76.4 Å². The van der Waals surface area contributed by atoms with Crippen molar-refractivity contribution in [1.29, 1.82) is 0 Å². The number of hydrogen-bond donors (Lipinski definition) is 1. The van der Waals surface area contributed by atoms with Crippen LogP contribution in [-0.2, 0) is 12.8 Å². The van der Waals surface area contributed by atoms with Gasteiger partial charge >= 0.3 is 0 Å². The number of nitrogens with zero attached hydrogens (tertiary/aromatic N) is 3. The van der Waals surface area contributed by atoms with Crippen LogP contribution in [-0.4, -0.2) is 45.8 Å². The van der Waals surface area contributed by atoms with Gasteiger partial charge in [0.2, 0.25) is 0 Å². The van der Waals surface area contributed by atoms with E-state index in [1.807, 2.05) is 16.6 Å². The standard InChI is InChI=1S/C23H30N4O.ClH/c1-15-7-11-18(12-8-15)27-21-6-4-3-5-20(21)22(25-27)23(28)26(2)19-13-16-9-10-17(14-19)24-16;/h7-8,11-12,16-17,19,24H,3-6,9-10,13-14H2,1-2H3;1H. The van der Waals surface area contributed by atoms with Crippen molar-refractivity contribution in [2.75, 3.05) is 7.05 Å². The molecule has 1 aromatic carbocycles. The van der Waals surface area contributed by atoms with Crippen LogP contribution in [0, 0.1) is 6.92 Å². The summed E-state index contributed by atoms with van der Waals surface area (Å²) in [6.45, 7) is 2.10. The number of hydrogen-bond acceptors (Lipinski definition) is 3. The fourth-order valence-corrected chi connectivity index (χ4v) is 5.35. The molecule has 1 N–H and O–H groups in total. The van der Waals surface area contributed by atoms with Crippen molar-refractivity contribution in [3.05, 3.63) is 46.8 Å². The van der Waals surface area contributed by atoms with E-state index in [2.05, 4.69) is 36.5 Å². The van der Waals surface area contributed by atoms with Crippen LogP contribution >= 0.6 is 12.4 Å². The summed E-state index contributed by atoms with van der Waals surface area (Å²) in [6.07, 6.45) is 8.93. The molecule has 2 saturated heterocycles. The number of aromatic nitrogens is 2. The highest BCUT2D eigenvalue weighted by Gasteiger charge is 2.38. The van der Waals surface area contributed by atoms with Gasteiger partial charge in [-0.1, -0.05) is 17.7 Å². The summed E-state index contributed by atoms with van der Waals surface area (Å²) in [7, 11) is 1.98. The number of amides is 1. The molecular weight excluding hydrogens is 384 g/mol. The van der Waals surface area contributed by atoms with E-state index in [-0.39, 0.29) is 18.3 Å². The third kappa shape index (κ3) is 3.71. The largest absolute Gasteiger partial charge is 0.337 e. The predicted octanol–water partition coefficient (Wildman–Crippen LogP) is 3.84. The zero-order valence-corrected chi connectivity index (χ0v) is 18.2. The number of carbonyl (C=O) groups is 1. The Balaban J connectivity index is 0.00000205. The minimum Gasteiger partial charge on any atom is -0.337 e. The molecule has 2 fully saturated rings. The van der Waals surface area contributed by atoms with Crippen LogP contribution in [0.2, 0.25) is 0 Å². The van der Waals surface area contributed by atoms with E-state index in [1.165, 1.54) is 36.1 Å². The van der Waals surface area contributed by atoms with Gasteiger partial charge in [-0.3, -0.25) is 4.79 Å². The van der Waals surface area contributed by atoms with Gasteiger partial charge in [0.25, 0.3) is 5.91 Å². The van der Waals surface area contributed by atoms with Gasteiger partial charge in [-0.15, -0.1) is 12.4 Å². The second-order valence-corrected chi connectivity index (χ2v) is 8.91. The maximum absolute atomic E-state index is 13.5. The van der Waals surface area contributed by atoms with Crippen molar-refractivity contribution in [2.24, 2.45) is 0 Å². The molecular formula is C23H31ClN4O. The van der Waals surface area contributed by atoms with E-state index in [9.17, 15) is 4.79 Å². The van der Waals surface area contributed by atoms with E-state index in [0.717, 1.165) is 37.8 Å². The first-order valence-electron chi connectivity index (χ1n) is 10.8. The highest BCUT2D eigenvalue weighted by Crippen LogP contribution is 2.32. The Hall–Kier alpha value is -1.85. The van der Waals surface area contributed by atoms with Crippen molar-refractivity contribution in [1.82, 2.24) is 20.0 Å². The fourth-order valence-electron chi connectivity index (χ4n) is 5.35. The summed E-state index contributed by atoms with van der Waals surface area (Å²) in [5.41, 5.74) is 5.40. The van der Waals surface area contributed by atoms with Crippen molar-refractivity contribution >= 4 is 18.3 Å². The lowest BCUT2D eigenvalue weighted by atomic mass is 9.94. The molecule has 2 unspecified atom stereocenters. The molecule has 29 heavy (non-hydrogen) atoms. The van der Waals surface area contributed by atoms with Crippen LogP contribution in [0.3, 0.4) is 0 Å². The zero-order chi connectivity index (χ0) is 19.3. The van der Waals surface area contributed by atoms with Crippen LogP contribution in [0.5, 0.6) is 0 Å². The Labute approximate surface area is 179 Å². The predicted molar refractivity (Wildman–Crippen MR) is 117 cm³/mol. The van der Waals surface area contributed by atoms with E-state index in [4.69, 9.17) is 5.10 Å². The number of piperidine rings is 1. The van der Waals surface area contributed by atoms with Crippen LogP contribution in [0.25, 0.3) is 5.69 Å². The van der Waals surface area contributed by atoms with Gasteiger partial charge in [0.1, 0.15) is 0 Å². The van der Waals surface area contributed by atoms with Gasteiger partial charge in [0.15, 0.2) is 5.69 Å². The summed E-state index contributed by atoms with van der Waals surface area (Å²) in [6, 6.07) is 9.94. The van der Waals surface area contributed by atoms with E-state index < -0.39 is 0 Å². The van der Waals surface area contributed by atoms with Crippen molar-refractivity contribution in [3.8, 4) is 5.69 Å². The molecule has 6 heteroatoms. The Morgan fingerprint density at radius 3 is 2.45 bits per heavy atom. The molecule has 0 spiro atoms. The van der Waals surface area contributed by atoms with Gasteiger partial charge in [0.05, 0.1) is 5.69 Å². The number of carbonyl (C=O) groups excluding carboxylic acids is 1. The lowest BCUT2D eigenvalue weighted by Crippen LogP contribution is -2.49. The third-order valence-electron chi connectivity index (χ3n) is 6.98. The number of halogens is 1. The summed E-state index contributed by atoms with van der Waals surface area (Å²) >= 11 is 0. The Kier molecular flexibility index (Phi) is 5.71. The molecule has 1 aromatic heterocycles. The lowest BCUT2D eigenvalue weighted by molar-refractivity contribution is 0.0674. The number of benzene rings is 1. The van der Waals surface area contributed by atoms with Gasteiger partial charge in [0, 0.05) is 36.4 Å². The molecule has 0 radical (unpaired) electrons. The van der Waals surface area contributed by atoms with E-state index in [0.29, 0.717) is 23.8 Å². The lowest BCUT2D eigenvalue weighted by Gasteiger charge is -2.35. The molecule has 5 nitrogen and oxygen atoms in total. The maximum Gasteiger partial charge on any atom is 0.274 e. The van der Waals surface area contributed by atoms with Crippen molar-refractivity contribution in [3.63, 3.8) is 0 Å². The summed E-state index contributed by atoms with van der Waals surface area (Å²) in [5, 5.41) is 8.55. The number of fused-ring (bicyclic) bond motifs is 3. The first-order chi connectivity index (χ1) is 13.6. The molecule has 3 heterocycles. The minimum atomic E-state index is 0. The monoisotopic (exact) mass is 414 g/mol. The summed E-state index contributed by atoms with van der Waals surface area (Å²) < 4.78 is 2.03. The topological polar surface area (TPSA) is 50.2 Å². The van der Waals surface area contributed by atoms with Crippen LogP contribution in [0.1, 0.15) is 65.8 Å². The number of nitrogens with one attached hydrogen (secondary N) is 1. The first kappa shape index (κ1) is 20.4. The molecule has 5 rings (SSSR count). The normalized spacial score (nSPS) is 25.2. The molecule has 2 aromatic rings. The highest BCUT2D eigenvalue weighted by molar-refractivity contribution is 5.94. The van der Waals surface area contributed by atoms with Gasteiger partial charge < -0.3 is 10.2 Å². The number of aryl methyl sites for hydroxylation is 1. The van der Waals surface area contributed by atoms with E-state index in [1.54, 1.807) is 0 Å². The molecule has 1 aliphatic carbocycles. The van der Waals surface area contributed by atoms with E-state index >= 15 is 0 Å². The molecule has 2 aliphatic heterocycles. The zero-order valence-electron chi connectivity index (χ0n) is 17.4. The van der Waals surface area contributed by atoms with Crippen LogP contribution in [0.15, 0.2) is 24.3 Å². The molecule has 156 valence electrons. The second-order valence-electron chi connectivity index (χ2n) is 8.91. The Bertz CT molecular complexity index is 879. The third-order valence-corrected chi connectivity index (χ3v) is 6.98. The quantitative estimate of drug-likeness (QED) is 0.830. The van der Waals surface area contributed by atoms with Crippen LogP contribution < -0.4 is 5.32 Å². The molecule has 0 saturated carbocycles. The molecule has 1 amide bonds. The SMILES string of the molecule is Cc1ccc(-n2nc(C(=O)N(C)C3CC4CCC(C3)N4)c3c2CCCC3)cc1.Cl. The summed E-state index contributed by atoms with van der Waals surface area (Å²) in [5.74, 6) is 0.107. The fraction of sp³-hybridized carbons (Fsp3) is 0.565. The van der Waals surface area contributed by atoms with Gasteiger partial charge in [-0.2, -0.15) is 5.10 Å². The Morgan fingerprint density at radius 2 is 1.76 bits per heavy atom. The van der Waals surface area contributed by atoms with Crippen LogP contribution in [0.4, 0.5) is 0 Å². The van der Waals surface area contributed by atoms with Gasteiger partial charge in [-0.25, -0.2) is 4.68 Å². The maximum atomic E-state index is 13.5. The average molecular weight is 415 g/mol. The molecule has 2 atom stereocenters. The minimum absolute atomic E-state index is 0. The first-order valence-corrected chi connectivity index (χ1v) is 10.8. The highest BCUT2D eigenvalue weighted by atomic mass is 35.5. The molecule has 2 bridgehead atoms. The summed E-state index contributed by atoms with van der Waals surface area (Å²) in [4.78, 5) is 15.5. The van der Waals surface area contributed by atoms with Crippen molar-refractivity contribution < 1.29 is 4.79 Å². The molecule has 3 aliphatic rings.